The molecule has 3 rings (SSSR count). The fourth-order valence-corrected chi connectivity index (χ4v) is 4.34. The summed E-state index contributed by atoms with van der Waals surface area (Å²) in [5, 5.41) is 0.611. The minimum absolute atomic E-state index is 0.0683. The van der Waals surface area contributed by atoms with Crippen molar-refractivity contribution in [2.24, 2.45) is 5.41 Å². The van der Waals surface area contributed by atoms with Gasteiger partial charge in [0, 0.05) is 38.1 Å². The summed E-state index contributed by atoms with van der Waals surface area (Å²) in [6.45, 7) is 6.20. The monoisotopic (exact) mass is 348 g/mol. The maximum atomic E-state index is 12.9. The van der Waals surface area contributed by atoms with E-state index >= 15 is 0 Å². The third-order valence-electron chi connectivity index (χ3n) is 4.97. The van der Waals surface area contributed by atoms with E-state index in [9.17, 15) is 9.59 Å². The lowest BCUT2D eigenvalue weighted by molar-refractivity contribution is -0.148. The first kappa shape index (κ1) is 17.2. The van der Waals surface area contributed by atoms with Gasteiger partial charge >= 0.3 is 0 Å². The van der Waals surface area contributed by atoms with E-state index in [1.54, 1.807) is 18.5 Å². The number of aromatic nitrogens is 2. The summed E-state index contributed by atoms with van der Waals surface area (Å²) in [6.07, 6.45) is 6.05. The summed E-state index contributed by atoms with van der Waals surface area (Å²) in [7, 11) is 0. The normalized spacial score (nSPS) is 24.2. The van der Waals surface area contributed by atoms with Crippen LogP contribution in [-0.4, -0.2) is 63.0 Å². The van der Waals surface area contributed by atoms with Gasteiger partial charge in [-0.15, -0.1) is 0 Å². The minimum Gasteiger partial charge on any atom is -0.341 e. The standard InChI is InChI=1S/C17H24N4O2S/c1-13(2)21-9-3-5-17(15(21)23)6-10-20(12-17)14(22)11-24-16-18-7-4-8-19-16/h4,7-8,13H,3,5-6,9-12H2,1-2H3. The molecule has 1 atom stereocenters. The zero-order valence-electron chi connectivity index (χ0n) is 14.3. The lowest BCUT2D eigenvalue weighted by Crippen LogP contribution is -2.52. The molecule has 0 aliphatic carbocycles. The van der Waals surface area contributed by atoms with Crippen LogP contribution in [-0.2, 0) is 9.59 Å². The number of nitrogens with zero attached hydrogens (tertiary/aromatic N) is 4. The topological polar surface area (TPSA) is 66.4 Å². The van der Waals surface area contributed by atoms with Crippen molar-refractivity contribution in [2.45, 2.75) is 44.3 Å². The Balaban J connectivity index is 1.60. The molecule has 0 N–H and O–H groups in total. The predicted octanol–water partition coefficient (Wildman–Crippen LogP) is 1.82. The van der Waals surface area contributed by atoms with Gasteiger partial charge in [0.05, 0.1) is 11.2 Å². The van der Waals surface area contributed by atoms with E-state index in [1.165, 1.54) is 11.8 Å². The molecule has 0 saturated carbocycles. The highest BCUT2D eigenvalue weighted by atomic mass is 32.2. The maximum absolute atomic E-state index is 12.9. The molecule has 6 nitrogen and oxygen atoms in total. The Hall–Kier alpha value is -1.63. The first-order chi connectivity index (χ1) is 11.5. The van der Waals surface area contributed by atoms with Crippen LogP contribution in [0.15, 0.2) is 23.6 Å². The van der Waals surface area contributed by atoms with Crippen LogP contribution in [0, 0.1) is 5.41 Å². The third-order valence-corrected chi connectivity index (χ3v) is 5.83. The van der Waals surface area contributed by atoms with Gasteiger partial charge in [0.2, 0.25) is 11.8 Å². The zero-order chi connectivity index (χ0) is 17.2. The van der Waals surface area contributed by atoms with Gasteiger partial charge in [-0.3, -0.25) is 9.59 Å². The van der Waals surface area contributed by atoms with Crippen molar-refractivity contribution in [1.29, 1.82) is 0 Å². The molecule has 2 saturated heterocycles. The van der Waals surface area contributed by atoms with Gasteiger partial charge in [-0.1, -0.05) is 11.8 Å². The average molecular weight is 348 g/mol. The molecule has 0 aromatic carbocycles. The fourth-order valence-electron chi connectivity index (χ4n) is 3.64. The molecule has 1 aromatic heterocycles. The van der Waals surface area contributed by atoms with Gasteiger partial charge in [0.25, 0.3) is 0 Å². The van der Waals surface area contributed by atoms with E-state index in [0.717, 1.165) is 25.8 Å². The average Bonchev–Trinajstić information content (AvgIpc) is 3.01. The lowest BCUT2D eigenvalue weighted by atomic mass is 9.78. The van der Waals surface area contributed by atoms with E-state index in [1.807, 2.05) is 9.80 Å². The summed E-state index contributed by atoms with van der Waals surface area (Å²) in [6, 6.07) is 1.98. The SMILES string of the molecule is CC(C)N1CCCC2(CCN(C(=O)CSc3ncccn3)C2)C1=O. The Morgan fingerprint density at radius 1 is 1.29 bits per heavy atom. The Morgan fingerprint density at radius 2 is 2.04 bits per heavy atom. The molecule has 3 heterocycles. The molecule has 130 valence electrons. The second kappa shape index (κ2) is 7.09. The molecule has 7 heteroatoms. The van der Waals surface area contributed by atoms with E-state index in [4.69, 9.17) is 0 Å². The van der Waals surface area contributed by atoms with Crippen molar-refractivity contribution in [2.75, 3.05) is 25.4 Å². The van der Waals surface area contributed by atoms with E-state index in [0.29, 0.717) is 24.0 Å². The molecule has 0 bridgehead atoms. The van der Waals surface area contributed by atoms with Gasteiger partial charge in [-0.2, -0.15) is 0 Å². The molecular formula is C17H24N4O2S. The van der Waals surface area contributed by atoms with Crippen LogP contribution in [0.3, 0.4) is 0 Å². The highest BCUT2D eigenvalue weighted by molar-refractivity contribution is 7.99. The molecule has 2 amide bonds. The van der Waals surface area contributed by atoms with Crippen molar-refractivity contribution in [3.8, 4) is 0 Å². The molecular weight excluding hydrogens is 324 g/mol. The highest BCUT2D eigenvalue weighted by Crippen LogP contribution is 2.40. The minimum atomic E-state index is -0.355. The van der Waals surface area contributed by atoms with Crippen molar-refractivity contribution in [3.05, 3.63) is 18.5 Å². The van der Waals surface area contributed by atoms with Gasteiger partial charge in [0.1, 0.15) is 0 Å². The Bertz CT molecular complexity index is 610. The quantitative estimate of drug-likeness (QED) is 0.613. The van der Waals surface area contributed by atoms with Gasteiger partial charge in [-0.05, 0) is 39.2 Å². The van der Waals surface area contributed by atoms with Crippen molar-refractivity contribution in [3.63, 3.8) is 0 Å². The molecule has 1 aromatic rings. The van der Waals surface area contributed by atoms with E-state index in [-0.39, 0.29) is 23.3 Å². The second-order valence-electron chi connectivity index (χ2n) is 6.86. The van der Waals surface area contributed by atoms with Crippen LogP contribution in [0.25, 0.3) is 0 Å². The van der Waals surface area contributed by atoms with Crippen LogP contribution in [0.1, 0.15) is 33.1 Å². The first-order valence-corrected chi connectivity index (χ1v) is 9.49. The van der Waals surface area contributed by atoms with Crippen molar-refractivity contribution < 1.29 is 9.59 Å². The summed E-state index contributed by atoms with van der Waals surface area (Å²) in [5.74, 6) is 0.624. The Morgan fingerprint density at radius 3 is 2.75 bits per heavy atom. The smallest absolute Gasteiger partial charge is 0.233 e. The van der Waals surface area contributed by atoms with Gasteiger partial charge < -0.3 is 9.80 Å². The van der Waals surface area contributed by atoms with Crippen LogP contribution < -0.4 is 0 Å². The van der Waals surface area contributed by atoms with E-state index in [2.05, 4.69) is 23.8 Å². The van der Waals surface area contributed by atoms with Crippen LogP contribution in [0.2, 0.25) is 0 Å². The number of amides is 2. The molecule has 2 aliphatic heterocycles. The molecule has 24 heavy (non-hydrogen) atoms. The maximum Gasteiger partial charge on any atom is 0.233 e. The van der Waals surface area contributed by atoms with Crippen molar-refractivity contribution in [1.82, 2.24) is 19.8 Å². The highest BCUT2D eigenvalue weighted by Gasteiger charge is 2.49. The second-order valence-corrected chi connectivity index (χ2v) is 7.80. The third kappa shape index (κ3) is 3.41. The molecule has 2 fully saturated rings. The largest absolute Gasteiger partial charge is 0.341 e. The number of thioether (sulfide) groups is 1. The number of hydrogen-bond donors (Lipinski definition) is 0. The Kier molecular flexibility index (Phi) is 5.08. The zero-order valence-corrected chi connectivity index (χ0v) is 15.1. The Labute approximate surface area is 147 Å². The van der Waals surface area contributed by atoms with Gasteiger partial charge in [-0.25, -0.2) is 9.97 Å². The number of carbonyl (C=O) groups is 2. The molecule has 1 unspecified atom stereocenters. The summed E-state index contributed by atoms with van der Waals surface area (Å²) >= 11 is 1.35. The number of likely N-dealkylation sites (tertiary alicyclic amines) is 2. The van der Waals surface area contributed by atoms with Crippen LogP contribution in [0.5, 0.6) is 0 Å². The van der Waals surface area contributed by atoms with Crippen molar-refractivity contribution >= 4 is 23.6 Å². The van der Waals surface area contributed by atoms with Gasteiger partial charge in [0.15, 0.2) is 5.16 Å². The first-order valence-electron chi connectivity index (χ1n) is 8.50. The lowest BCUT2D eigenvalue weighted by Gasteiger charge is -2.41. The van der Waals surface area contributed by atoms with Crippen LogP contribution >= 0.6 is 11.8 Å². The molecule has 0 radical (unpaired) electrons. The summed E-state index contributed by atoms with van der Waals surface area (Å²) in [4.78, 5) is 37.5. The predicted molar refractivity (Wildman–Crippen MR) is 92.5 cm³/mol. The van der Waals surface area contributed by atoms with E-state index < -0.39 is 0 Å². The summed E-state index contributed by atoms with van der Waals surface area (Å²) < 4.78 is 0. The number of carbonyl (C=O) groups excluding carboxylic acids is 2. The fraction of sp³-hybridized carbons (Fsp3) is 0.647. The van der Waals surface area contributed by atoms with Crippen LogP contribution in [0.4, 0.5) is 0 Å². The summed E-state index contributed by atoms with van der Waals surface area (Å²) in [5.41, 5.74) is -0.355. The molecule has 2 aliphatic rings. The number of piperidine rings is 1. The molecule has 1 spiro atoms. The number of rotatable bonds is 4. The number of hydrogen-bond acceptors (Lipinski definition) is 5.